The largest absolute Gasteiger partial charge is 0.497 e. The Kier molecular flexibility index (Phi) is 5.43. The summed E-state index contributed by atoms with van der Waals surface area (Å²) in [4.78, 5) is 6.05. The quantitative estimate of drug-likeness (QED) is 0.680. The first-order valence-corrected chi connectivity index (χ1v) is 9.31. The molecule has 3 aromatic rings. The van der Waals surface area contributed by atoms with Crippen LogP contribution in [0.2, 0.25) is 0 Å². The van der Waals surface area contributed by atoms with Gasteiger partial charge in [-0.25, -0.2) is 4.98 Å². The Morgan fingerprint density at radius 3 is 2.83 bits per heavy atom. The minimum Gasteiger partial charge on any atom is -0.497 e. The lowest BCUT2D eigenvalue weighted by atomic mass is 10.1. The standard InChI is InChI=1S/C18H20N2OS2/c1-13-12-23-18(20-13)17(10-16-7-4-8-22-16)19-11-14-5-3-6-15(9-14)21-2/h3-9,12,17,19H,10-11H2,1-2H3/t17-/m0/s1. The molecule has 1 aromatic carbocycles. The summed E-state index contributed by atoms with van der Waals surface area (Å²) in [5.74, 6) is 0.893. The lowest BCUT2D eigenvalue weighted by molar-refractivity contribution is 0.413. The maximum atomic E-state index is 5.30. The van der Waals surface area contributed by atoms with Crippen molar-refractivity contribution in [1.29, 1.82) is 0 Å². The third-order valence-electron chi connectivity index (χ3n) is 3.61. The van der Waals surface area contributed by atoms with E-state index >= 15 is 0 Å². The third kappa shape index (κ3) is 4.41. The highest BCUT2D eigenvalue weighted by atomic mass is 32.1. The van der Waals surface area contributed by atoms with Crippen molar-refractivity contribution >= 4 is 22.7 Å². The van der Waals surface area contributed by atoms with Crippen molar-refractivity contribution < 1.29 is 4.74 Å². The molecular formula is C18H20N2OS2. The number of aryl methyl sites for hydroxylation is 1. The van der Waals surface area contributed by atoms with Gasteiger partial charge in [0, 0.05) is 28.9 Å². The van der Waals surface area contributed by atoms with Crippen molar-refractivity contribution in [2.45, 2.75) is 25.9 Å². The minimum atomic E-state index is 0.235. The predicted molar refractivity (Wildman–Crippen MR) is 97.4 cm³/mol. The van der Waals surface area contributed by atoms with Gasteiger partial charge in [-0.05, 0) is 36.1 Å². The number of thiophene rings is 1. The fourth-order valence-electron chi connectivity index (χ4n) is 2.43. The third-order valence-corrected chi connectivity index (χ3v) is 5.58. The zero-order valence-corrected chi connectivity index (χ0v) is 14.9. The van der Waals surface area contributed by atoms with E-state index in [0.717, 1.165) is 29.4 Å². The van der Waals surface area contributed by atoms with Crippen LogP contribution in [0.3, 0.4) is 0 Å². The van der Waals surface area contributed by atoms with E-state index in [1.54, 1.807) is 29.8 Å². The van der Waals surface area contributed by atoms with E-state index in [9.17, 15) is 0 Å². The number of thiazole rings is 1. The molecule has 3 nitrogen and oxygen atoms in total. The van der Waals surface area contributed by atoms with Crippen LogP contribution in [0.25, 0.3) is 0 Å². The fourth-order valence-corrected chi connectivity index (χ4v) is 4.06. The maximum Gasteiger partial charge on any atom is 0.119 e. The molecule has 0 saturated carbocycles. The highest BCUT2D eigenvalue weighted by Crippen LogP contribution is 2.25. The van der Waals surface area contributed by atoms with Crippen LogP contribution < -0.4 is 10.1 Å². The second-order valence-electron chi connectivity index (χ2n) is 5.40. The number of rotatable bonds is 7. The highest BCUT2D eigenvalue weighted by Gasteiger charge is 2.16. The number of benzene rings is 1. The van der Waals surface area contributed by atoms with Crippen LogP contribution >= 0.6 is 22.7 Å². The number of methoxy groups -OCH3 is 1. The second kappa shape index (κ2) is 7.73. The van der Waals surface area contributed by atoms with Crippen molar-refractivity contribution in [3.63, 3.8) is 0 Å². The van der Waals surface area contributed by atoms with Gasteiger partial charge in [0.2, 0.25) is 0 Å². The average molecular weight is 345 g/mol. The zero-order chi connectivity index (χ0) is 16.1. The fraction of sp³-hybridized carbons (Fsp3) is 0.278. The molecule has 0 fully saturated rings. The van der Waals surface area contributed by atoms with E-state index in [1.807, 2.05) is 19.1 Å². The summed E-state index contributed by atoms with van der Waals surface area (Å²) < 4.78 is 5.30. The number of hydrogen-bond acceptors (Lipinski definition) is 5. The Morgan fingerprint density at radius 2 is 2.13 bits per heavy atom. The molecule has 120 valence electrons. The maximum absolute atomic E-state index is 5.30. The molecule has 0 bridgehead atoms. The van der Waals surface area contributed by atoms with Crippen LogP contribution in [0.15, 0.2) is 47.2 Å². The summed E-state index contributed by atoms with van der Waals surface area (Å²) in [6.07, 6.45) is 0.967. The molecule has 0 aliphatic rings. The van der Waals surface area contributed by atoms with Gasteiger partial charge in [-0.1, -0.05) is 18.2 Å². The molecule has 2 heterocycles. The van der Waals surface area contributed by atoms with Gasteiger partial charge in [0.1, 0.15) is 10.8 Å². The Hall–Kier alpha value is -1.69. The SMILES string of the molecule is COc1cccc(CN[C@@H](Cc2cccs2)c2nc(C)cs2)c1. The number of hydrogen-bond donors (Lipinski definition) is 1. The van der Waals surface area contributed by atoms with Gasteiger partial charge in [-0.2, -0.15) is 0 Å². The van der Waals surface area contributed by atoms with Gasteiger partial charge < -0.3 is 10.1 Å². The number of aromatic nitrogens is 1. The Labute approximate surface area is 145 Å². The van der Waals surface area contributed by atoms with E-state index < -0.39 is 0 Å². The predicted octanol–water partition coefficient (Wildman–Crippen LogP) is 4.60. The van der Waals surface area contributed by atoms with Gasteiger partial charge in [0.05, 0.1) is 13.2 Å². The lowest BCUT2D eigenvalue weighted by Crippen LogP contribution is -2.22. The number of nitrogens with zero attached hydrogens (tertiary/aromatic N) is 1. The zero-order valence-electron chi connectivity index (χ0n) is 13.3. The molecule has 0 saturated heterocycles. The summed E-state index contributed by atoms with van der Waals surface area (Å²) in [7, 11) is 1.70. The first-order valence-electron chi connectivity index (χ1n) is 7.55. The molecular weight excluding hydrogens is 324 g/mol. The topological polar surface area (TPSA) is 34.1 Å². The van der Waals surface area contributed by atoms with Crippen molar-refractivity contribution in [1.82, 2.24) is 10.3 Å². The van der Waals surface area contributed by atoms with Crippen LogP contribution in [0, 0.1) is 6.92 Å². The molecule has 0 amide bonds. The summed E-state index contributed by atoms with van der Waals surface area (Å²) in [5, 5.41) is 9.05. The van der Waals surface area contributed by atoms with Crippen molar-refractivity contribution in [3.05, 3.63) is 68.3 Å². The molecule has 1 atom stereocenters. The second-order valence-corrected chi connectivity index (χ2v) is 7.32. The molecule has 2 aromatic heterocycles. The van der Waals surface area contributed by atoms with E-state index in [1.165, 1.54) is 10.4 Å². The van der Waals surface area contributed by atoms with E-state index in [-0.39, 0.29) is 6.04 Å². The van der Waals surface area contributed by atoms with Gasteiger partial charge in [0.15, 0.2) is 0 Å². The summed E-state index contributed by atoms with van der Waals surface area (Å²) in [5.41, 5.74) is 2.30. The molecule has 0 unspecified atom stereocenters. The Morgan fingerprint density at radius 1 is 1.22 bits per heavy atom. The Bertz CT molecular complexity index is 737. The van der Waals surface area contributed by atoms with E-state index in [0.29, 0.717) is 0 Å². The normalized spacial score (nSPS) is 12.3. The summed E-state index contributed by atoms with van der Waals surface area (Å²) in [6.45, 7) is 2.84. The average Bonchev–Trinajstić information content (AvgIpc) is 3.23. The van der Waals surface area contributed by atoms with Crippen LogP contribution in [0.5, 0.6) is 5.75 Å². The molecule has 3 rings (SSSR count). The van der Waals surface area contributed by atoms with E-state index in [4.69, 9.17) is 4.74 Å². The minimum absolute atomic E-state index is 0.235. The van der Waals surface area contributed by atoms with Crippen molar-refractivity contribution in [3.8, 4) is 5.75 Å². The molecule has 0 aliphatic carbocycles. The first kappa shape index (κ1) is 16.2. The van der Waals surface area contributed by atoms with Gasteiger partial charge in [0.25, 0.3) is 0 Å². The summed E-state index contributed by atoms with van der Waals surface area (Å²) >= 11 is 3.53. The van der Waals surface area contributed by atoms with Gasteiger partial charge in [-0.3, -0.25) is 0 Å². The van der Waals surface area contributed by atoms with Crippen molar-refractivity contribution in [2.24, 2.45) is 0 Å². The first-order chi connectivity index (χ1) is 11.2. The molecule has 0 aliphatic heterocycles. The van der Waals surface area contributed by atoms with E-state index in [2.05, 4.69) is 45.3 Å². The van der Waals surface area contributed by atoms with Crippen molar-refractivity contribution in [2.75, 3.05) is 7.11 Å². The highest BCUT2D eigenvalue weighted by molar-refractivity contribution is 7.10. The monoisotopic (exact) mass is 344 g/mol. The molecule has 23 heavy (non-hydrogen) atoms. The lowest BCUT2D eigenvalue weighted by Gasteiger charge is -2.16. The molecule has 5 heteroatoms. The smallest absolute Gasteiger partial charge is 0.119 e. The van der Waals surface area contributed by atoms with Crippen LogP contribution in [0.1, 0.15) is 27.2 Å². The number of nitrogens with one attached hydrogen (secondary N) is 1. The van der Waals surface area contributed by atoms with Crippen LogP contribution in [-0.2, 0) is 13.0 Å². The van der Waals surface area contributed by atoms with Crippen LogP contribution in [0.4, 0.5) is 0 Å². The van der Waals surface area contributed by atoms with Gasteiger partial charge >= 0.3 is 0 Å². The molecule has 0 radical (unpaired) electrons. The molecule has 0 spiro atoms. The number of ether oxygens (including phenoxy) is 1. The Balaban J connectivity index is 1.72. The van der Waals surface area contributed by atoms with Crippen LogP contribution in [-0.4, -0.2) is 12.1 Å². The summed E-state index contributed by atoms with van der Waals surface area (Å²) in [6, 6.07) is 12.7. The molecule has 1 N–H and O–H groups in total. The van der Waals surface area contributed by atoms with Gasteiger partial charge in [-0.15, -0.1) is 22.7 Å².